The van der Waals surface area contributed by atoms with E-state index >= 15 is 0 Å². The molecule has 82 valence electrons. The molecule has 0 atom stereocenters. The van der Waals surface area contributed by atoms with Gasteiger partial charge in [0.2, 0.25) is 0 Å². The molecule has 0 fully saturated rings. The Bertz CT molecular complexity index is 391. The summed E-state index contributed by atoms with van der Waals surface area (Å²) in [5.74, 6) is 0. The molecule has 0 aliphatic rings. The van der Waals surface area contributed by atoms with E-state index in [-0.39, 0.29) is 10.2 Å². The first-order valence-electron chi connectivity index (χ1n) is 3.63. The molecule has 0 spiro atoms. The van der Waals surface area contributed by atoms with Crippen LogP contribution in [0.15, 0.2) is 22.7 Å². The maximum atomic E-state index is 12.3. The quantitative estimate of drug-likeness (QED) is 0.472. The zero-order chi connectivity index (χ0) is 11.6. The number of amides is 1. The predicted molar refractivity (Wildman–Crippen MR) is 49.3 cm³/mol. The van der Waals surface area contributed by atoms with Crippen LogP contribution in [0.1, 0.15) is 5.56 Å². The molecule has 0 bridgehead atoms. The summed E-state index contributed by atoms with van der Waals surface area (Å²) in [6, 6.07) is 2.63. The molecule has 0 saturated heterocycles. The monoisotopic (exact) mass is 285 g/mol. The van der Waals surface area contributed by atoms with Crippen molar-refractivity contribution >= 4 is 27.8 Å². The smallest absolute Gasteiger partial charge is 0.298 e. The predicted octanol–water partition coefficient (Wildman–Crippen LogP) is 3.97. The fourth-order valence-corrected chi connectivity index (χ4v) is 1.43. The van der Waals surface area contributed by atoms with Gasteiger partial charge in [0.15, 0.2) is 0 Å². The number of nitrogens with one attached hydrogen (secondary N) is 1. The van der Waals surface area contributed by atoms with Crippen molar-refractivity contribution in [3.05, 3.63) is 28.2 Å². The van der Waals surface area contributed by atoms with Crippen molar-refractivity contribution in [3.63, 3.8) is 0 Å². The summed E-state index contributed by atoms with van der Waals surface area (Å²) in [5.41, 5.74) is -1.23. The second-order valence-electron chi connectivity index (χ2n) is 2.63. The first-order chi connectivity index (χ1) is 6.79. The topological polar surface area (TPSA) is 29.1 Å². The summed E-state index contributed by atoms with van der Waals surface area (Å²) in [4.78, 5) is 10.0. The zero-order valence-corrected chi connectivity index (χ0v) is 8.62. The Balaban J connectivity index is 3.11. The van der Waals surface area contributed by atoms with Crippen LogP contribution in [-0.4, -0.2) is 6.16 Å². The van der Waals surface area contributed by atoms with Gasteiger partial charge in [-0.3, -0.25) is 5.32 Å². The van der Waals surface area contributed by atoms with Gasteiger partial charge in [-0.2, -0.15) is 13.2 Å². The van der Waals surface area contributed by atoms with Gasteiger partial charge in [0.1, 0.15) is 0 Å². The molecule has 0 aromatic heterocycles. The molecule has 0 saturated carbocycles. The number of benzene rings is 1. The summed E-state index contributed by atoms with van der Waals surface area (Å²) in [7, 11) is 0. The molecule has 0 heterocycles. The molecule has 0 radical (unpaired) electrons. The lowest BCUT2D eigenvalue weighted by atomic mass is 10.2. The first kappa shape index (κ1) is 12.0. The maximum Gasteiger partial charge on any atom is 0.416 e. The maximum absolute atomic E-state index is 12.3. The van der Waals surface area contributed by atoms with E-state index in [0.29, 0.717) is 6.07 Å². The van der Waals surface area contributed by atoms with Crippen LogP contribution in [0.25, 0.3) is 0 Å². The Morgan fingerprint density at radius 2 is 1.87 bits per heavy atom. The molecule has 1 N–H and O–H groups in total. The Hall–Kier alpha value is -1.11. The minimum absolute atomic E-state index is 0.0982. The fourth-order valence-electron chi connectivity index (χ4n) is 0.939. The van der Waals surface area contributed by atoms with Crippen LogP contribution in [0.2, 0.25) is 0 Å². The minimum atomic E-state index is -4.54. The number of halogens is 5. The molecule has 7 heteroatoms. The van der Waals surface area contributed by atoms with Crippen LogP contribution < -0.4 is 5.32 Å². The Morgan fingerprint density at radius 3 is 2.33 bits per heavy atom. The zero-order valence-electron chi connectivity index (χ0n) is 7.03. The van der Waals surface area contributed by atoms with E-state index < -0.39 is 17.9 Å². The van der Waals surface area contributed by atoms with Crippen LogP contribution in [0, 0.1) is 0 Å². The van der Waals surface area contributed by atoms with Gasteiger partial charge < -0.3 is 0 Å². The van der Waals surface area contributed by atoms with Crippen molar-refractivity contribution < 1.29 is 22.4 Å². The van der Waals surface area contributed by atoms with E-state index in [4.69, 9.17) is 0 Å². The Labute approximate surface area is 90.4 Å². The summed E-state index contributed by atoms with van der Waals surface area (Å²) in [6.07, 6.45) is -6.46. The third-order valence-electron chi connectivity index (χ3n) is 1.47. The molecule has 0 aliphatic carbocycles. The largest absolute Gasteiger partial charge is 0.416 e. The molecular weight excluding hydrogens is 282 g/mol. The summed E-state index contributed by atoms with van der Waals surface area (Å²) in [5, 5.41) is 1.62. The second-order valence-corrected chi connectivity index (χ2v) is 3.54. The van der Waals surface area contributed by atoms with E-state index in [1.54, 1.807) is 5.32 Å². The number of carbonyl (C=O) groups is 1. The molecule has 1 amide bonds. The molecule has 0 unspecified atom stereocenters. The SMILES string of the molecule is O=C(F)Nc1cc(Br)cc(C(F)(F)F)c1. The first-order valence-corrected chi connectivity index (χ1v) is 4.42. The van der Waals surface area contributed by atoms with E-state index in [2.05, 4.69) is 15.9 Å². The normalized spacial score (nSPS) is 11.3. The van der Waals surface area contributed by atoms with Crippen molar-refractivity contribution in [2.75, 3.05) is 5.32 Å². The number of hydrogen-bond acceptors (Lipinski definition) is 1. The number of alkyl halides is 3. The summed E-state index contributed by atoms with van der Waals surface area (Å²) < 4.78 is 48.8. The molecule has 15 heavy (non-hydrogen) atoms. The number of carbonyl (C=O) groups excluding carboxylic acids is 1. The van der Waals surface area contributed by atoms with Crippen molar-refractivity contribution in [2.45, 2.75) is 6.18 Å². The van der Waals surface area contributed by atoms with Crippen molar-refractivity contribution in [3.8, 4) is 0 Å². The van der Waals surface area contributed by atoms with Gasteiger partial charge >= 0.3 is 12.3 Å². The highest BCUT2D eigenvalue weighted by atomic mass is 79.9. The third-order valence-corrected chi connectivity index (χ3v) is 1.93. The highest BCUT2D eigenvalue weighted by Gasteiger charge is 2.31. The van der Waals surface area contributed by atoms with Gasteiger partial charge in [0, 0.05) is 10.2 Å². The lowest BCUT2D eigenvalue weighted by molar-refractivity contribution is -0.137. The molecule has 1 rings (SSSR count). The van der Waals surface area contributed by atoms with Gasteiger partial charge in [-0.1, -0.05) is 15.9 Å². The highest BCUT2D eigenvalue weighted by molar-refractivity contribution is 9.10. The van der Waals surface area contributed by atoms with Crippen molar-refractivity contribution in [2.24, 2.45) is 0 Å². The van der Waals surface area contributed by atoms with Crippen molar-refractivity contribution in [1.29, 1.82) is 0 Å². The lowest BCUT2D eigenvalue weighted by Crippen LogP contribution is -2.08. The summed E-state index contributed by atoms with van der Waals surface area (Å²) >= 11 is 2.82. The van der Waals surface area contributed by atoms with E-state index in [0.717, 1.165) is 12.1 Å². The average molecular weight is 286 g/mol. The molecule has 1 aromatic rings. The van der Waals surface area contributed by atoms with E-state index in [9.17, 15) is 22.4 Å². The molecular formula is C8H4BrF4NO. The lowest BCUT2D eigenvalue weighted by Gasteiger charge is -2.09. The molecule has 1 aromatic carbocycles. The van der Waals surface area contributed by atoms with Gasteiger partial charge in [-0.05, 0) is 18.2 Å². The number of hydrogen-bond donors (Lipinski definition) is 1. The molecule has 0 aliphatic heterocycles. The summed E-state index contributed by atoms with van der Waals surface area (Å²) in [6.45, 7) is 0. The van der Waals surface area contributed by atoms with Crippen LogP contribution in [0.5, 0.6) is 0 Å². The minimum Gasteiger partial charge on any atom is -0.298 e. The number of anilines is 1. The van der Waals surface area contributed by atoms with E-state index in [1.165, 1.54) is 0 Å². The highest BCUT2D eigenvalue weighted by Crippen LogP contribution is 2.33. The van der Waals surface area contributed by atoms with Gasteiger partial charge in [0.25, 0.3) is 0 Å². The van der Waals surface area contributed by atoms with Gasteiger partial charge in [0.05, 0.1) is 5.56 Å². The van der Waals surface area contributed by atoms with Gasteiger partial charge in [-0.25, -0.2) is 4.79 Å². The molecule has 2 nitrogen and oxygen atoms in total. The second kappa shape index (κ2) is 4.18. The number of rotatable bonds is 1. The Morgan fingerprint density at radius 1 is 1.27 bits per heavy atom. The van der Waals surface area contributed by atoms with Crippen molar-refractivity contribution in [1.82, 2.24) is 0 Å². The van der Waals surface area contributed by atoms with Crippen LogP contribution in [0.3, 0.4) is 0 Å². The fraction of sp³-hybridized carbons (Fsp3) is 0.125. The Kier molecular flexibility index (Phi) is 3.33. The van der Waals surface area contributed by atoms with Crippen LogP contribution in [0.4, 0.5) is 28.0 Å². The standard InChI is InChI=1S/C8H4BrF4NO/c9-5-1-4(8(11,12)13)2-6(3-5)14-7(10)15/h1-3H,(H,14,15). The van der Waals surface area contributed by atoms with E-state index in [1.807, 2.05) is 0 Å². The van der Waals surface area contributed by atoms with Gasteiger partial charge in [-0.15, -0.1) is 4.39 Å². The average Bonchev–Trinajstić information content (AvgIpc) is 1.99. The third kappa shape index (κ3) is 3.50. The van der Waals surface area contributed by atoms with Crippen LogP contribution in [-0.2, 0) is 6.18 Å². The van der Waals surface area contributed by atoms with Crippen LogP contribution >= 0.6 is 15.9 Å².